The van der Waals surface area contributed by atoms with Gasteiger partial charge in [0.25, 0.3) is 0 Å². The van der Waals surface area contributed by atoms with E-state index in [4.69, 9.17) is 0 Å². The first kappa shape index (κ1) is 22.3. The van der Waals surface area contributed by atoms with Crippen LogP contribution in [0.5, 0.6) is 0 Å². The third kappa shape index (κ3) is 3.66. The molecule has 0 aromatic carbocycles. The summed E-state index contributed by atoms with van der Waals surface area (Å²) < 4.78 is 0. The van der Waals surface area contributed by atoms with Crippen LogP contribution in [0.2, 0.25) is 0 Å². The van der Waals surface area contributed by atoms with Gasteiger partial charge in [0.05, 0.1) is 4.92 Å². The van der Waals surface area contributed by atoms with Gasteiger partial charge in [-0.05, 0) is 103 Å². The van der Waals surface area contributed by atoms with Crippen LogP contribution >= 0.6 is 0 Å². The minimum atomic E-state index is -0.119. The summed E-state index contributed by atoms with van der Waals surface area (Å²) in [5.74, 6) is 5.68. The number of nitro groups is 1. The van der Waals surface area contributed by atoms with Gasteiger partial charge < -0.3 is 0 Å². The summed E-state index contributed by atoms with van der Waals surface area (Å²) in [6, 6.07) is 0. The Morgan fingerprint density at radius 2 is 1.77 bits per heavy atom. The number of hydrogen-bond donors (Lipinski definition) is 0. The zero-order valence-corrected chi connectivity index (χ0v) is 20.2. The molecule has 4 aliphatic rings. The second-order valence-corrected chi connectivity index (χ2v) is 12.5. The molecule has 0 aromatic heterocycles. The van der Waals surface area contributed by atoms with Crippen LogP contribution in [-0.4, -0.2) is 4.92 Å². The van der Waals surface area contributed by atoms with Crippen LogP contribution < -0.4 is 0 Å². The van der Waals surface area contributed by atoms with Crippen LogP contribution in [0.15, 0.2) is 11.8 Å². The van der Waals surface area contributed by atoms with Crippen molar-refractivity contribution in [3.63, 3.8) is 0 Å². The van der Waals surface area contributed by atoms with Crippen molar-refractivity contribution in [1.82, 2.24) is 0 Å². The van der Waals surface area contributed by atoms with Crippen LogP contribution in [0.25, 0.3) is 0 Å². The van der Waals surface area contributed by atoms with Crippen LogP contribution in [0, 0.1) is 62.4 Å². The van der Waals surface area contributed by atoms with Gasteiger partial charge in [0.2, 0.25) is 5.70 Å². The van der Waals surface area contributed by atoms with E-state index in [2.05, 4.69) is 34.6 Å². The van der Waals surface area contributed by atoms with E-state index in [1.165, 1.54) is 57.8 Å². The van der Waals surface area contributed by atoms with Gasteiger partial charge in [-0.15, -0.1) is 0 Å². The number of allylic oxidation sites excluding steroid dienone is 2. The van der Waals surface area contributed by atoms with Crippen LogP contribution in [-0.2, 0) is 0 Å². The Balaban J connectivity index is 1.48. The van der Waals surface area contributed by atoms with E-state index in [0.29, 0.717) is 28.9 Å². The summed E-state index contributed by atoms with van der Waals surface area (Å²) in [5.41, 5.74) is 1.33. The lowest BCUT2D eigenvalue weighted by atomic mass is 9.45. The van der Waals surface area contributed by atoms with Gasteiger partial charge in [-0.1, -0.05) is 53.9 Å². The highest BCUT2D eigenvalue weighted by molar-refractivity contribution is 5.14. The molecule has 0 spiro atoms. The molecule has 4 aliphatic carbocycles. The van der Waals surface area contributed by atoms with Gasteiger partial charge in [0.15, 0.2) is 0 Å². The third-order valence-corrected chi connectivity index (χ3v) is 10.7. The number of rotatable bonds is 6. The van der Waals surface area contributed by atoms with Crippen molar-refractivity contribution in [2.24, 2.45) is 52.3 Å². The first-order valence-corrected chi connectivity index (χ1v) is 13.0. The summed E-state index contributed by atoms with van der Waals surface area (Å²) in [4.78, 5) is 11.2. The average molecular weight is 416 g/mol. The van der Waals surface area contributed by atoms with E-state index in [0.717, 1.165) is 41.9 Å². The average Bonchev–Trinajstić information content (AvgIpc) is 3.04. The van der Waals surface area contributed by atoms with Crippen molar-refractivity contribution in [3.05, 3.63) is 21.9 Å². The van der Waals surface area contributed by atoms with Gasteiger partial charge >= 0.3 is 0 Å². The molecule has 0 saturated heterocycles. The third-order valence-electron chi connectivity index (χ3n) is 10.7. The Bertz CT molecular complexity index is 684. The summed E-state index contributed by atoms with van der Waals surface area (Å²) in [6.45, 7) is 12.4. The van der Waals surface area contributed by atoms with E-state index in [1.807, 2.05) is 6.08 Å². The Morgan fingerprint density at radius 1 is 1.03 bits per heavy atom. The zero-order chi connectivity index (χ0) is 21.7. The monoisotopic (exact) mass is 415 g/mol. The van der Waals surface area contributed by atoms with Crippen molar-refractivity contribution in [2.75, 3.05) is 0 Å². The van der Waals surface area contributed by atoms with E-state index in [1.54, 1.807) is 0 Å². The molecule has 30 heavy (non-hydrogen) atoms. The SMILES string of the molecule is CC(C)CCC[C@@H](C)[C@H]1CC[C@H]2[C@@H]3CCC4CC([N+](=O)[O-])=CC[C@]4(C)[C@H]3CC[C@]12C. The van der Waals surface area contributed by atoms with Crippen molar-refractivity contribution in [2.45, 2.75) is 105 Å². The first-order chi connectivity index (χ1) is 14.2. The second-order valence-electron chi connectivity index (χ2n) is 12.5. The maximum absolute atomic E-state index is 11.4. The van der Waals surface area contributed by atoms with Crippen LogP contribution in [0.4, 0.5) is 0 Å². The van der Waals surface area contributed by atoms with Gasteiger partial charge in [0, 0.05) is 6.42 Å². The highest BCUT2D eigenvalue weighted by atomic mass is 16.6. The summed E-state index contributed by atoms with van der Waals surface area (Å²) in [6.07, 6.45) is 16.0. The molecule has 0 aliphatic heterocycles. The van der Waals surface area contributed by atoms with Crippen molar-refractivity contribution < 1.29 is 4.92 Å². The van der Waals surface area contributed by atoms with Crippen molar-refractivity contribution in [1.29, 1.82) is 0 Å². The molecule has 0 radical (unpaired) electrons. The van der Waals surface area contributed by atoms with Crippen LogP contribution in [0.3, 0.4) is 0 Å². The summed E-state index contributed by atoms with van der Waals surface area (Å²) in [7, 11) is 0. The minimum Gasteiger partial charge on any atom is -0.259 e. The van der Waals surface area contributed by atoms with E-state index in [-0.39, 0.29) is 4.92 Å². The lowest BCUT2D eigenvalue weighted by molar-refractivity contribution is -0.431. The maximum atomic E-state index is 11.4. The fraction of sp³-hybridized carbons (Fsp3) is 0.926. The first-order valence-electron chi connectivity index (χ1n) is 13.0. The Hall–Kier alpha value is -0.860. The highest BCUT2D eigenvalue weighted by Gasteiger charge is 2.60. The van der Waals surface area contributed by atoms with E-state index >= 15 is 0 Å². The molecule has 170 valence electrons. The largest absolute Gasteiger partial charge is 0.259 e. The maximum Gasteiger partial charge on any atom is 0.242 e. The summed E-state index contributed by atoms with van der Waals surface area (Å²) >= 11 is 0. The van der Waals surface area contributed by atoms with Crippen molar-refractivity contribution in [3.8, 4) is 0 Å². The predicted octanol–water partition coefficient (Wildman–Crippen LogP) is 7.88. The fourth-order valence-corrected chi connectivity index (χ4v) is 9.04. The predicted molar refractivity (Wildman–Crippen MR) is 124 cm³/mol. The molecule has 8 atom stereocenters. The Morgan fingerprint density at radius 3 is 2.47 bits per heavy atom. The van der Waals surface area contributed by atoms with Gasteiger partial charge in [-0.3, -0.25) is 10.1 Å². The quantitative estimate of drug-likeness (QED) is 0.327. The lowest BCUT2D eigenvalue weighted by Crippen LogP contribution is -2.53. The molecule has 0 heterocycles. The molecule has 3 heteroatoms. The Kier molecular flexibility index (Phi) is 6.14. The van der Waals surface area contributed by atoms with Gasteiger partial charge in [-0.2, -0.15) is 0 Å². The highest BCUT2D eigenvalue weighted by Crippen LogP contribution is 2.68. The molecule has 4 rings (SSSR count). The van der Waals surface area contributed by atoms with Gasteiger partial charge in [-0.25, -0.2) is 0 Å². The summed E-state index contributed by atoms with van der Waals surface area (Å²) in [5, 5.41) is 11.4. The number of fused-ring (bicyclic) bond motifs is 5. The molecule has 0 N–H and O–H groups in total. The lowest BCUT2D eigenvalue weighted by Gasteiger charge is -2.60. The number of hydrogen-bond acceptors (Lipinski definition) is 2. The molecular formula is C27H45NO2. The molecule has 0 amide bonds. The molecule has 3 nitrogen and oxygen atoms in total. The molecule has 3 saturated carbocycles. The molecule has 0 aromatic rings. The number of nitrogens with zero attached hydrogens (tertiary/aromatic N) is 1. The minimum absolute atomic E-state index is 0.119. The van der Waals surface area contributed by atoms with Crippen LogP contribution in [0.1, 0.15) is 105 Å². The van der Waals surface area contributed by atoms with Crippen molar-refractivity contribution >= 4 is 0 Å². The fourth-order valence-electron chi connectivity index (χ4n) is 9.04. The normalized spacial score (nSPS) is 44.1. The topological polar surface area (TPSA) is 43.1 Å². The smallest absolute Gasteiger partial charge is 0.242 e. The molecule has 0 bridgehead atoms. The molecule has 3 fully saturated rings. The van der Waals surface area contributed by atoms with E-state index in [9.17, 15) is 10.1 Å². The van der Waals surface area contributed by atoms with E-state index < -0.39 is 0 Å². The Labute approximate surface area is 184 Å². The van der Waals surface area contributed by atoms with Gasteiger partial charge in [0.1, 0.15) is 0 Å². The molecule has 1 unspecified atom stereocenters. The zero-order valence-electron chi connectivity index (χ0n) is 20.2. The molecular weight excluding hydrogens is 370 g/mol. The second kappa shape index (κ2) is 8.24. The standard InChI is InChI=1S/C27H45NO2/c1-18(2)7-6-8-19(3)23-11-12-24-22-10-9-20-17-21(28(29)30)13-15-26(20,4)25(22)14-16-27(23,24)5/h13,18-20,22-25H,6-12,14-17H2,1-5H3/t19-,20?,22+,23-,24+,25+,26+,27-/m1/s1.